The molecule has 7 N–H and O–H groups in total. The molecule has 0 saturated carbocycles. The first-order valence-corrected chi connectivity index (χ1v) is 9.03. The summed E-state index contributed by atoms with van der Waals surface area (Å²) >= 11 is 0. The number of carbonyl (C=O) groups excluding carboxylic acids is 1. The molecule has 0 spiro atoms. The fourth-order valence-electron chi connectivity index (χ4n) is 1.45. The molecule has 1 aliphatic heterocycles. The van der Waals surface area contributed by atoms with Crippen LogP contribution in [0.2, 0.25) is 0 Å². The van der Waals surface area contributed by atoms with Crippen molar-refractivity contribution >= 4 is 5.91 Å². The number of hydrogen-bond donors (Lipinski definition) is 7. The monoisotopic (exact) mass is 395 g/mol. The van der Waals surface area contributed by atoms with Gasteiger partial charge in [0.25, 0.3) is 0 Å². The number of aliphatic hydroxyl groups is 6. The molecular weight excluding hydrogens is 358 g/mol. The van der Waals surface area contributed by atoms with Crippen LogP contribution in [0.15, 0.2) is 0 Å². The molecule has 3 atom stereocenters. The first-order chi connectivity index (χ1) is 12.8. The van der Waals surface area contributed by atoms with E-state index in [-0.39, 0.29) is 25.2 Å². The van der Waals surface area contributed by atoms with Crippen LogP contribution in [0.5, 0.6) is 0 Å². The first-order valence-electron chi connectivity index (χ1n) is 9.03. The summed E-state index contributed by atoms with van der Waals surface area (Å²) in [7, 11) is 0. The largest absolute Gasteiger partial charge is 0.460 e. The van der Waals surface area contributed by atoms with Crippen LogP contribution in [-0.4, -0.2) is 81.2 Å². The number of amides is 1. The highest BCUT2D eigenvalue weighted by Crippen LogP contribution is 1.98. The zero-order chi connectivity index (χ0) is 21.5. The molecule has 9 nitrogen and oxygen atoms in total. The smallest absolute Gasteiger partial charge is 0.220 e. The SMILES string of the molecule is CC(O)COC(C)CO.CCCCC(O)CO.O=C1CCCN1.OC#CO. The highest BCUT2D eigenvalue weighted by Gasteiger charge is 2.05. The van der Waals surface area contributed by atoms with Crippen molar-refractivity contribution in [1.29, 1.82) is 0 Å². The Morgan fingerprint density at radius 1 is 1.15 bits per heavy atom. The van der Waals surface area contributed by atoms with Crippen molar-refractivity contribution in [2.24, 2.45) is 0 Å². The van der Waals surface area contributed by atoms with E-state index >= 15 is 0 Å². The Kier molecular flexibility index (Phi) is 27.3. The maximum Gasteiger partial charge on any atom is 0.220 e. The van der Waals surface area contributed by atoms with Crippen LogP contribution in [0, 0.1) is 12.2 Å². The lowest BCUT2D eigenvalue weighted by Gasteiger charge is -2.10. The summed E-state index contributed by atoms with van der Waals surface area (Å²) in [5.41, 5.74) is 0. The molecule has 0 aromatic heterocycles. The summed E-state index contributed by atoms with van der Waals surface area (Å²) in [5.74, 6) is 0.204. The molecule has 0 aromatic rings. The Balaban J connectivity index is -0.000000295. The van der Waals surface area contributed by atoms with Crippen molar-refractivity contribution in [3.05, 3.63) is 0 Å². The lowest BCUT2D eigenvalue weighted by atomic mass is 10.2. The van der Waals surface area contributed by atoms with Gasteiger partial charge in [-0.1, -0.05) is 19.8 Å². The molecule has 3 unspecified atom stereocenters. The zero-order valence-corrected chi connectivity index (χ0v) is 16.6. The van der Waals surface area contributed by atoms with E-state index in [0.717, 1.165) is 38.6 Å². The van der Waals surface area contributed by atoms with E-state index in [0.29, 0.717) is 6.61 Å². The average Bonchev–Trinajstić information content (AvgIpc) is 3.16. The average molecular weight is 395 g/mol. The molecule has 0 aromatic carbocycles. The van der Waals surface area contributed by atoms with E-state index in [1.807, 2.05) is 0 Å². The van der Waals surface area contributed by atoms with Gasteiger partial charge in [-0.25, -0.2) is 0 Å². The number of aliphatic hydroxyl groups excluding tert-OH is 6. The van der Waals surface area contributed by atoms with Crippen molar-refractivity contribution in [1.82, 2.24) is 5.32 Å². The van der Waals surface area contributed by atoms with Crippen molar-refractivity contribution in [2.75, 3.05) is 26.4 Å². The van der Waals surface area contributed by atoms with E-state index < -0.39 is 12.2 Å². The van der Waals surface area contributed by atoms with Crippen LogP contribution in [-0.2, 0) is 9.53 Å². The van der Waals surface area contributed by atoms with E-state index in [1.165, 1.54) is 12.2 Å². The van der Waals surface area contributed by atoms with Crippen LogP contribution in [0.4, 0.5) is 0 Å². The minimum absolute atomic E-state index is 0.00667. The first kappa shape index (κ1) is 30.2. The van der Waals surface area contributed by atoms with Crippen molar-refractivity contribution in [2.45, 2.75) is 71.2 Å². The third kappa shape index (κ3) is 32.6. The normalized spacial score (nSPS) is 15.0. The Hall–Kier alpha value is -1.57. The second kappa shape index (κ2) is 24.4. The fraction of sp³-hybridized carbons (Fsp3) is 0.833. The Morgan fingerprint density at radius 3 is 2.00 bits per heavy atom. The van der Waals surface area contributed by atoms with Crippen LogP contribution >= 0.6 is 0 Å². The Labute approximate surface area is 162 Å². The van der Waals surface area contributed by atoms with Gasteiger partial charge in [-0.3, -0.25) is 4.79 Å². The quantitative estimate of drug-likeness (QED) is 0.279. The van der Waals surface area contributed by atoms with Crippen molar-refractivity contribution in [3.63, 3.8) is 0 Å². The molecular formula is C18H37NO8. The predicted octanol–water partition coefficient (Wildman–Crippen LogP) is -0.159. The van der Waals surface area contributed by atoms with E-state index in [2.05, 4.69) is 12.2 Å². The molecule has 162 valence electrons. The summed E-state index contributed by atoms with van der Waals surface area (Å²) in [6, 6.07) is 0. The molecule has 0 aliphatic carbocycles. The lowest BCUT2D eigenvalue weighted by Crippen LogP contribution is -2.19. The summed E-state index contributed by atoms with van der Waals surface area (Å²) in [6.45, 7) is 6.55. The second-order valence-electron chi connectivity index (χ2n) is 5.83. The predicted molar refractivity (Wildman–Crippen MR) is 101 cm³/mol. The summed E-state index contributed by atoms with van der Waals surface area (Å²) in [4.78, 5) is 10.1. The van der Waals surface area contributed by atoms with Gasteiger partial charge in [-0.05, 0) is 26.7 Å². The van der Waals surface area contributed by atoms with Crippen molar-refractivity contribution in [3.8, 4) is 12.2 Å². The highest BCUT2D eigenvalue weighted by molar-refractivity contribution is 5.77. The van der Waals surface area contributed by atoms with E-state index in [4.69, 9.17) is 35.4 Å². The van der Waals surface area contributed by atoms with E-state index in [1.54, 1.807) is 13.8 Å². The van der Waals surface area contributed by atoms with E-state index in [9.17, 15) is 4.79 Å². The topological polar surface area (TPSA) is 160 Å². The summed E-state index contributed by atoms with van der Waals surface area (Å²) in [6.07, 6.45) is 5.94. The number of hydrogen-bond acceptors (Lipinski definition) is 8. The molecule has 1 saturated heterocycles. The van der Waals surface area contributed by atoms with Crippen LogP contribution < -0.4 is 5.32 Å². The molecule has 27 heavy (non-hydrogen) atoms. The molecule has 1 rings (SSSR count). The molecule has 1 amide bonds. The van der Waals surface area contributed by atoms with Gasteiger partial charge in [0, 0.05) is 13.0 Å². The maximum atomic E-state index is 10.1. The number of rotatable bonds is 8. The number of nitrogens with one attached hydrogen (secondary N) is 1. The minimum atomic E-state index is -0.491. The van der Waals surface area contributed by atoms with Crippen molar-refractivity contribution < 1.29 is 40.2 Å². The van der Waals surface area contributed by atoms with Crippen LogP contribution in [0.3, 0.4) is 0 Å². The Morgan fingerprint density at radius 2 is 1.74 bits per heavy atom. The molecule has 1 fully saturated rings. The van der Waals surface area contributed by atoms with Crippen LogP contribution in [0.25, 0.3) is 0 Å². The number of carbonyl (C=O) groups is 1. The second-order valence-corrected chi connectivity index (χ2v) is 5.83. The van der Waals surface area contributed by atoms with Gasteiger partial charge in [0.1, 0.15) is 0 Å². The summed E-state index contributed by atoms with van der Waals surface area (Å²) < 4.78 is 4.95. The van der Waals surface area contributed by atoms with Crippen LogP contribution in [0.1, 0.15) is 52.9 Å². The third-order valence-corrected chi connectivity index (χ3v) is 2.93. The van der Waals surface area contributed by atoms with Gasteiger partial charge in [0.2, 0.25) is 5.91 Å². The highest BCUT2D eigenvalue weighted by atomic mass is 16.5. The van der Waals surface area contributed by atoms with Gasteiger partial charge in [-0.15, -0.1) is 0 Å². The van der Waals surface area contributed by atoms with Gasteiger partial charge < -0.3 is 40.7 Å². The fourth-order valence-corrected chi connectivity index (χ4v) is 1.45. The molecule has 1 heterocycles. The standard InChI is InChI=1S/C6H14O3.C6H14O2.C4H7NO.C2H2O2/c1-5(8)4-9-6(2)3-7;1-2-3-4-6(8)5-7;6-4-2-1-3-5-4;3-1-2-4/h5-8H,3-4H2,1-2H3;6-8H,2-5H2,1H3;1-3H2,(H,5,6);3-4H. The van der Waals surface area contributed by atoms with Gasteiger partial charge in [0.05, 0.1) is 38.1 Å². The minimum Gasteiger partial charge on any atom is -0.460 e. The molecule has 1 aliphatic rings. The Bertz CT molecular complexity index is 354. The number of unbranched alkanes of at least 4 members (excludes halogenated alkanes) is 1. The van der Waals surface area contributed by atoms with Gasteiger partial charge in [0.15, 0.2) is 12.2 Å². The molecule has 0 radical (unpaired) electrons. The van der Waals surface area contributed by atoms with Gasteiger partial charge >= 0.3 is 0 Å². The third-order valence-electron chi connectivity index (χ3n) is 2.93. The molecule has 9 heteroatoms. The van der Waals surface area contributed by atoms with Gasteiger partial charge in [-0.2, -0.15) is 0 Å². The maximum absolute atomic E-state index is 10.1. The summed E-state index contributed by atoms with van der Waals surface area (Å²) in [5, 5.41) is 51.4. The zero-order valence-electron chi connectivity index (χ0n) is 16.6. The molecule has 0 bridgehead atoms. The number of ether oxygens (including phenoxy) is 1. The lowest BCUT2D eigenvalue weighted by molar-refractivity contribution is -0.119.